The third-order valence-corrected chi connectivity index (χ3v) is 6.77. The maximum atomic E-state index is 13.8. The van der Waals surface area contributed by atoms with Crippen LogP contribution in [0.3, 0.4) is 0 Å². The number of rotatable bonds is 5. The minimum atomic E-state index is -0.892. The van der Waals surface area contributed by atoms with Gasteiger partial charge in [-0.15, -0.1) is 23.7 Å². The van der Waals surface area contributed by atoms with E-state index in [4.69, 9.17) is 4.74 Å². The monoisotopic (exact) mass is 443 g/mol. The molecule has 1 heterocycles. The average Bonchev–Trinajstić information content (AvgIpc) is 3.21. The van der Waals surface area contributed by atoms with E-state index < -0.39 is 29.6 Å². The number of fused-ring (bicyclic) bond motifs is 1. The fourth-order valence-corrected chi connectivity index (χ4v) is 5.20. The van der Waals surface area contributed by atoms with E-state index in [1.807, 2.05) is 13.0 Å². The Morgan fingerprint density at radius 1 is 1.24 bits per heavy atom. The highest BCUT2D eigenvalue weighted by Gasteiger charge is 2.38. The second-order valence-electron chi connectivity index (χ2n) is 7.58. The number of para-hydroxylation sites is 1. The van der Waals surface area contributed by atoms with Crippen molar-refractivity contribution < 1.29 is 23.4 Å². The van der Waals surface area contributed by atoms with Gasteiger partial charge >= 0.3 is 0 Å². The first-order chi connectivity index (χ1) is 13.4. The number of carbonyl (C=O) groups is 1. The number of benzene rings is 1. The van der Waals surface area contributed by atoms with Crippen molar-refractivity contribution in [3.05, 3.63) is 51.2 Å². The third kappa shape index (κ3) is 4.48. The number of ether oxygens (including phenoxy) is 1. The molecule has 29 heavy (non-hydrogen) atoms. The summed E-state index contributed by atoms with van der Waals surface area (Å²) < 4.78 is 33.0. The van der Waals surface area contributed by atoms with Gasteiger partial charge in [-0.25, -0.2) is 8.78 Å². The number of thiophene rings is 1. The fraction of sp³-hybridized carbons (Fsp3) is 0.476. The maximum Gasteiger partial charge on any atom is 0.191 e. The Morgan fingerprint density at radius 3 is 2.69 bits per heavy atom. The predicted molar refractivity (Wildman–Crippen MR) is 110 cm³/mol. The number of Topliss-reactive ketones (excluding diaryl/α,β-unsaturated/α-hetero) is 1. The van der Waals surface area contributed by atoms with E-state index >= 15 is 0 Å². The van der Waals surface area contributed by atoms with Crippen LogP contribution in [0.4, 0.5) is 8.78 Å². The Labute approximate surface area is 178 Å². The summed E-state index contributed by atoms with van der Waals surface area (Å²) in [4.78, 5) is 15.0. The lowest BCUT2D eigenvalue weighted by molar-refractivity contribution is 0.0398. The van der Waals surface area contributed by atoms with Gasteiger partial charge < -0.3 is 15.2 Å². The van der Waals surface area contributed by atoms with Gasteiger partial charge in [-0.3, -0.25) is 4.79 Å². The van der Waals surface area contributed by atoms with E-state index in [-0.39, 0.29) is 30.2 Å². The number of halogens is 3. The molecule has 2 aromatic rings. The molecule has 0 spiro atoms. The van der Waals surface area contributed by atoms with Gasteiger partial charge in [-0.05, 0) is 50.8 Å². The summed E-state index contributed by atoms with van der Waals surface area (Å²) in [6.07, 6.45) is 1.22. The van der Waals surface area contributed by atoms with Crippen LogP contribution in [-0.2, 0) is 6.42 Å². The highest BCUT2D eigenvalue weighted by Crippen LogP contribution is 2.33. The Bertz CT molecular complexity index is 871. The summed E-state index contributed by atoms with van der Waals surface area (Å²) in [5.74, 6) is -1.96. The van der Waals surface area contributed by atoms with Gasteiger partial charge in [-0.1, -0.05) is 6.07 Å². The van der Waals surface area contributed by atoms with Gasteiger partial charge in [0, 0.05) is 33.8 Å². The number of ketones is 1. The normalized spacial score (nSPS) is 26.1. The fourth-order valence-electron chi connectivity index (χ4n) is 4.14. The number of carbonyl (C=O) groups excluding carboxylic acids is 1. The van der Waals surface area contributed by atoms with E-state index in [1.165, 1.54) is 10.9 Å². The molecule has 2 N–H and O–H groups in total. The number of aliphatic hydroxyl groups is 1. The van der Waals surface area contributed by atoms with Crippen LogP contribution < -0.4 is 10.1 Å². The molecule has 4 atom stereocenters. The van der Waals surface area contributed by atoms with Crippen LogP contribution in [0.1, 0.15) is 39.4 Å². The van der Waals surface area contributed by atoms with E-state index in [9.17, 15) is 18.7 Å². The van der Waals surface area contributed by atoms with Crippen molar-refractivity contribution in [3.8, 4) is 5.75 Å². The Hall–Kier alpha value is -1.54. The van der Waals surface area contributed by atoms with Crippen molar-refractivity contribution in [2.45, 2.75) is 50.9 Å². The van der Waals surface area contributed by atoms with Crippen LogP contribution in [0.15, 0.2) is 24.3 Å². The molecule has 158 valence electrons. The van der Waals surface area contributed by atoms with E-state index in [1.54, 1.807) is 11.3 Å². The summed E-state index contributed by atoms with van der Waals surface area (Å²) in [6, 6.07) is 5.23. The zero-order valence-electron chi connectivity index (χ0n) is 16.0. The molecule has 0 aliphatic heterocycles. The molecule has 0 bridgehead atoms. The molecule has 1 aromatic heterocycles. The Kier molecular flexibility index (Phi) is 6.94. The number of hydrogen-bond acceptors (Lipinski definition) is 5. The van der Waals surface area contributed by atoms with Crippen LogP contribution in [0.5, 0.6) is 5.75 Å². The van der Waals surface area contributed by atoms with Gasteiger partial charge in [-0.2, -0.15) is 0 Å². The summed E-state index contributed by atoms with van der Waals surface area (Å²) in [6.45, 7) is 2.49. The van der Waals surface area contributed by atoms with Crippen LogP contribution in [0, 0.1) is 24.5 Å². The number of aliphatic hydroxyl groups excluding tert-OH is 1. The van der Waals surface area contributed by atoms with Crippen LogP contribution >= 0.6 is 23.7 Å². The minimum absolute atomic E-state index is 0. The van der Waals surface area contributed by atoms with E-state index in [0.29, 0.717) is 19.4 Å². The lowest BCUT2D eigenvalue weighted by Gasteiger charge is -2.25. The van der Waals surface area contributed by atoms with Crippen molar-refractivity contribution in [1.82, 2.24) is 5.32 Å². The summed E-state index contributed by atoms with van der Waals surface area (Å²) in [5, 5.41) is 13.8. The second-order valence-corrected chi connectivity index (χ2v) is 8.92. The van der Waals surface area contributed by atoms with Crippen LogP contribution in [0.25, 0.3) is 0 Å². The van der Waals surface area contributed by atoms with Crippen molar-refractivity contribution in [2.24, 2.45) is 5.92 Å². The zero-order chi connectivity index (χ0) is 19.8. The first-order valence-electron chi connectivity index (χ1n) is 9.59. The van der Waals surface area contributed by atoms with Crippen molar-refractivity contribution >= 4 is 29.5 Å². The summed E-state index contributed by atoms with van der Waals surface area (Å²) in [5.41, 5.74) is 0.837. The van der Waals surface area contributed by atoms with Crippen molar-refractivity contribution in [1.29, 1.82) is 0 Å². The molecule has 2 aliphatic rings. The highest BCUT2D eigenvalue weighted by molar-refractivity contribution is 7.12. The third-order valence-electron chi connectivity index (χ3n) is 5.66. The standard InChI is InChI=1S/C21H23F2NO3S.ClH/c1-11-9-13-18(28-11)8-5-12(19(13)25)10-24-16-6-7-17(20(16)26)27-21-14(22)3-2-4-15(21)23;/h2-4,9,12,16-17,20,24,26H,5-8,10H2,1H3;1H. The molecular formula is C21H24ClF2NO3S. The van der Waals surface area contributed by atoms with Crippen molar-refractivity contribution in [3.63, 3.8) is 0 Å². The molecule has 1 saturated carbocycles. The van der Waals surface area contributed by atoms with E-state index in [0.717, 1.165) is 35.4 Å². The molecule has 4 rings (SSSR count). The summed E-state index contributed by atoms with van der Waals surface area (Å²) in [7, 11) is 0. The first kappa shape index (κ1) is 22.2. The molecule has 0 radical (unpaired) electrons. The summed E-state index contributed by atoms with van der Waals surface area (Å²) >= 11 is 1.68. The lowest BCUT2D eigenvalue weighted by atomic mass is 9.87. The van der Waals surface area contributed by atoms with Gasteiger partial charge in [0.05, 0.1) is 0 Å². The van der Waals surface area contributed by atoms with Crippen LogP contribution in [-0.4, -0.2) is 35.7 Å². The quantitative estimate of drug-likeness (QED) is 0.731. The lowest BCUT2D eigenvalue weighted by Crippen LogP contribution is -2.44. The topological polar surface area (TPSA) is 58.6 Å². The Balaban J connectivity index is 0.00000240. The Morgan fingerprint density at radius 2 is 1.97 bits per heavy atom. The maximum absolute atomic E-state index is 13.8. The molecular weight excluding hydrogens is 420 g/mol. The molecule has 2 aliphatic carbocycles. The van der Waals surface area contributed by atoms with Gasteiger partial charge in [0.1, 0.15) is 12.2 Å². The van der Waals surface area contributed by atoms with Crippen LogP contribution in [0.2, 0.25) is 0 Å². The molecule has 4 nitrogen and oxygen atoms in total. The zero-order valence-corrected chi connectivity index (χ0v) is 17.6. The molecule has 8 heteroatoms. The first-order valence-corrected chi connectivity index (χ1v) is 10.4. The molecule has 1 aromatic carbocycles. The van der Waals surface area contributed by atoms with Gasteiger partial charge in [0.15, 0.2) is 23.2 Å². The average molecular weight is 444 g/mol. The number of aryl methyl sites for hydroxylation is 2. The molecule has 0 amide bonds. The van der Waals surface area contributed by atoms with Gasteiger partial charge in [0.25, 0.3) is 0 Å². The predicted octanol–water partition coefficient (Wildman–Crippen LogP) is 4.06. The second kappa shape index (κ2) is 9.08. The van der Waals surface area contributed by atoms with Crippen molar-refractivity contribution in [2.75, 3.05) is 6.54 Å². The SMILES string of the molecule is Cc1cc2c(s1)CCC(CNC1CCC(Oc3c(F)cccc3F)C1O)C2=O.Cl. The number of hydrogen-bond donors (Lipinski definition) is 2. The smallest absolute Gasteiger partial charge is 0.191 e. The largest absolute Gasteiger partial charge is 0.482 e. The highest BCUT2D eigenvalue weighted by atomic mass is 35.5. The van der Waals surface area contributed by atoms with Gasteiger partial charge in [0.2, 0.25) is 0 Å². The number of nitrogens with one attached hydrogen (secondary N) is 1. The molecule has 1 fully saturated rings. The van der Waals surface area contributed by atoms with E-state index in [2.05, 4.69) is 5.32 Å². The molecule has 0 saturated heterocycles. The molecule has 4 unspecified atom stereocenters. The minimum Gasteiger partial charge on any atom is -0.482 e.